The van der Waals surface area contributed by atoms with Crippen LogP contribution in [-0.4, -0.2) is 25.9 Å². The molecule has 0 spiro atoms. The van der Waals surface area contributed by atoms with E-state index in [-0.39, 0.29) is 11.8 Å². The number of hydrogen-bond donors (Lipinski definition) is 2. The van der Waals surface area contributed by atoms with Gasteiger partial charge in [0.1, 0.15) is 0 Å². The summed E-state index contributed by atoms with van der Waals surface area (Å²) in [5, 5.41) is 13.3. The maximum atomic E-state index is 11.4. The fraction of sp³-hybridized carbons (Fsp3) is 0.125. The van der Waals surface area contributed by atoms with E-state index < -0.39 is 0 Å². The second-order valence-electron chi connectivity index (χ2n) is 4.45. The van der Waals surface area contributed by atoms with E-state index in [9.17, 15) is 9.59 Å². The highest BCUT2D eigenvalue weighted by atomic mass is 16.2. The average molecular weight is 296 g/mol. The van der Waals surface area contributed by atoms with E-state index >= 15 is 0 Å². The Morgan fingerprint density at radius 2 is 1.00 bits per heavy atom. The molecule has 0 atom stereocenters. The molecule has 6 nitrogen and oxygen atoms in total. The van der Waals surface area contributed by atoms with Crippen molar-refractivity contribution in [2.45, 2.75) is 0 Å². The summed E-state index contributed by atoms with van der Waals surface area (Å²) in [5.74, 6) is -0.290. The van der Waals surface area contributed by atoms with Gasteiger partial charge in [0, 0.05) is 25.2 Å². The summed E-state index contributed by atoms with van der Waals surface area (Å²) in [7, 11) is 3.16. The van der Waals surface area contributed by atoms with Gasteiger partial charge >= 0.3 is 0 Å². The van der Waals surface area contributed by atoms with E-state index in [4.69, 9.17) is 0 Å². The molecule has 2 rings (SSSR count). The second-order valence-corrected chi connectivity index (χ2v) is 4.45. The Labute approximate surface area is 128 Å². The van der Waals surface area contributed by atoms with Crippen molar-refractivity contribution in [2.75, 3.05) is 14.1 Å². The zero-order valence-corrected chi connectivity index (χ0v) is 12.3. The topological polar surface area (TPSA) is 82.9 Å². The predicted octanol–water partition coefficient (Wildman–Crippen LogP) is 2.82. The number of carbonyl (C=O) groups is 2. The molecule has 0 aliphatic carbocycles. The van der Waals surface area contributed by atoms with Gasteiger partial charge in [-0.25, -0.2) is 0 Å². The zero-order valence-electron chi connectivity index (χ0n) is 12.3. The van der Waals surface area contributed by atoms with Crippen LogP contribution in [0.3, 0.4) is 0 Å². The Morgan fingerprint density at radius 1 is 0.682 bits per heavy atom. The fourth-order valence-corrected chi connectivity index (χ4v) is 1.76. The van der Waals surface area contributed by atoms with E-state index in [1.807, 2.05) is 0 Å². The van der Waals surface area contributed by atoms with Crippen molar-refractivity contribution in [3.05, 3.63) is 59.7 Å². The minimum atomic E-state index is -0.145. The van der Waals surface area contributed by atoms with Gasteiger partial charge in [-0.1, -0.05) is 0 Å². The third-order valence-electron chi connectivity index (χ3n) is 2.99. The van der Waals surface area contributed by atoms with Gasteiger partial charge in [0.05, 0.1) is 11.4 Å². The van der Waals surface area contributed by atoms with Gasteiger partial charge in [0.2, 0.25) is 0 Å². The number of rotatable bonds is 4. The lowest BCUT2D eigenvalue weighted by atomic mass is 10.2. The molecule has 0 unspecified atom stereocenters. The summed E-state index contributed by atoms with van der Waals surface area (Å²) >= 11 is 0. The van der Waals surface area contributed by atoms with Crippen molar-refractivity contribution in [1.29, 1.82) is 0 Å². The predicted molar refractivity (Wildman–Crippen MR) is 83.8 cm³/mol. The molecule has 2 amide bonds. The van der Waals surface area contributed by atoms with Crippen LogP contribution >= 0.6 is 0 Å². The van der Waals surface area contributed by atoms with Crippen LogP contribution in [0, 0.1) is 0 Å². The van der Waals surface area contributed by atoms with Gasteiger partial charge < -0.3 is 10.6 Å². The highest BCUT2D eigenvalue weighted by Gasteiger charge is 2.03. The largest absolute Gasteiger partial charge is 0.355 e. The van der Waals surface area contributed by atoms with Gasteiger partial charge in [0.15, 0.2) is 0 Å². The van der Waals surface area contributed by atoms with Gasteiger partial charge in [0.25, 0.3) is 11.8 Å². The lowest BCUT2D eigenvalue weighted by Gasteiger charge is -2.00. The minimum absolute atomic E-state index is 0.145. The monoisotopic (exact) mass is 296 g/mol. The zero-order chi connectivity index (χ0) is 15.9. The number of carbonyl (C=O) groups excluding carboxylic acids is 2. The molecule has 0 bridgehead atoms. The standard InChI is InChI=1S/C16H16N4O2/c1-17-15(21)11-3-7-13(8-4-11)19-20-14-9-5-12(6-10-14)16(22)18-2/h3-10H,1-2H3,(H,17,21)(H,18,22). The Kier molecular flexibility index (Phi) is 4.98. The van der Waals surface area contributed by atoms with Crippen molar-refractivity contribution in [3.63, 3.8) is 0 Å². The van der Waals surface area contributed by atoms with Crippen LogP contribution in [0.25, 0.3) is 0 Å². The summed E-state index contributed by atoms with van der Waals surface area (Å²) in [6, 6.07) is 13.6. The smallest absolute Gasteiger partial charge is 0.251 e. The summed E-state index contributed by atoms with van der Waals surface area (Å²) in [6.45, 7) is 0. The molecule has 0 aromatic heterocycles. The molecule has 2 N–H and O–H groups in total. The Morgan fingerprint density at radius 3 is 1.27 bits per heavy atom. The van der Waals surface area contributed by atoms with Crippen molar-refractivity contribution in [3.8, 4) is 0 Å². The molecule has 0 aliphatic heterocycles. The molecular formula is C16H16N4O2. The van der Waals surface area contributed by atoms with Crippen molar-refractivity contribution < 1.29 is 9.59 Å². The van der Waals surface area contributed by atoms with Crippen molar-refractivity contribution in [1.82, 2.24) is 10.6 Å². The quantitative estimate of drug-likeness (QED) is 0.850. The van der Waals surface area contributed by atoms with Crippen LogP contribution in [0.2, 0.25) is 0 Å². The normalized spacial score (nSPS) is 10.5. The number of benzene rings is 2. The molecule has 0 saturated carbocycles. The first-order valence-electron chi connectivity index (χ1n) is 6.70. The molecule has 0 radical (unpaired) electrons. The minimum Gasteiger partial charge on any atom is -0.355 e. The van der Waals surface area contributed by atoms with Crippen LogP contribution < -0.4 is 10.6 Å². The molecule has 0 fully saturated rings. The van der Waals surface area contributed by atoms with Crippen molar-refractivity contribution in [2.24, 2.45) is 10.2 Å². The molecule has 0 heterocycles. The number of nitrogens with zero attached hydrogens (tertiary/aromatic N) is 2. The van der Waals surface area contributed by atoms with Gasteiger partial charge in [-0.2, -0.15) is 10.2 Å². The highest BCUT2D eigenvalue weighted by Crippen LogP contribution is 2.19. The number of hydrogen-bond acceptors (Lipinski definition) is 4. The fourth-order valence-electron chi connectivity index (χ4n) is 1.76. The lowest BCUT2D eigenvalue weighted by molar-refractivity contribution is 0.0955. The molecule has 0 saturated heterocycles. The number of nitrogens with one attached hydrogen (secondary N) is 2. The molecule has 112 valence electrons. The van der Waals surface area contributed by atoms with Crippen LogP contribution in [-0.2, 0) is 0 Å². The summed E-state index contributed by atoms with van der Waals surface area (Å²) in [4.78, 5) is 22.8. The third kappa shape index (κ3) is 3.76. The Balaban J connectivity index is 2.08. The van der Waals surface area contributed by atoms with Gasteiger partial charge in [-0.15, -0.1) is 0 Å². The SMILES string of the molecule is CNC(=O)c1ccc(N=Nc2ccc(C(=O)NC)cc2)cc1. The molecule has 22 heavy (non-hydrogen) atoms. The first-order valence-corrected chi connectivity index (χ1v) is 6.70. The lowest BCUT2D eigenvalue weighted by Crippen LogP contribution is -2.17. The molecule has 6 heteroatoms. The first kappa shape index (κ1) is 15.4. The second kappa shape index (κ2) is 7.12. The van der Waals surface area contributed by atoms with E-state index in [0.717, 1.165) is 0 Å². The summed E-state index contributed by atoms with van der Waals surface area (Å²) in [6.07, 6.45) is 0. The van der Waals surface area contributed by atoms with E-state index in [0.29, 0.717) is 22.5 Å². The third-order valence-corrected chi connectivity index (χ3v) is 2.99. The highest BCUT2D eigenvalue weighted by molar-refractivity contribution is 5.94. The van der Waals surface area contributed by atoms with E-state index in [1.165, 1.54) is 0 Å². The van der Waals surface area contributed by atoms with Crippen molar-refractivity contribution >= 4 is 23.2 Å². The summed E-state index contributed by atoms with van der Waals surface area (Å²) in [5.41, 5.74) is 2.42. The number of amides is 2. The van der Waals surface area contributed by atoms with Crippen LogP contribution in [0.15, 0.2) is 58.8 Å². The maximum Gasteiger partial charge on any atom is 0.251 e. The van der Waals surface area contributed by atoms with E-state index in [2.05, 4.69) is 20.9 Å². The van der Waals surface area contributed by atoms with Gasteiger partial charge in [-0.3, -0.25) is 9.59 Å². The summed E-state index contributed by atoms with van der Waals surface area (Å²) < 4.78 is 0. The Hall–Kier alpha value is -3.02. The van der Waals surface area contributed by atoms with E-state index in [1.54, 1.807) is 62.6 Å². The molecular weight excluding hydrogens is 280 g/mol. The van der Waals surface area contributed by atoms with Crippen LogP contribution in [0.1, 0.15) is 20.7 Å². The molecule has 2 aromatic carbocycles. The average Bonchev–Trinajstić information content (AvgIpc) is 2.59. The number of azo groups is 1. The molecule has 2 aromatic rings. The van der Waals surface area contributed by atoms with Gasteiger partial charge in [-0.05, 0) is 48.5 Å². The Bertz CT molecular complexity index is 630. The first-order chi connectivity index (χ1) is 10.6. The molecule has 0 aliphatic rings. The van der Waals surface area contributed by atoms with Crippen LogP contribution in [0.4, 0.5) is 11.4 Å². The van der Waals surface area contributed by atoms with Crippen LogP contribution in [0.5, 0.6) is 0 Å². The maximum absolute atomic E-state index is 11.4.